The highest BCUT2D eigenvalue weighted by Gasteiger charge is 1.93. The van der Waals surface area contributed by atoms with Gasteiger partial charge in [-0.15, -0.1) is 0 Å². The van der Waals surface area contributed by atoms with E-state index in [1.54, 1.807) is 0 Å². The Morgan fingerprint density at radius 1 is 1.00 bits per heavy atom. The monoisotopic (exact) mass is 297 g/mol. The van der Waals surface area contributed by atoms with E-state index in [0.29, 0.717) is 0 Å². The maximum absolute atomic E-state index is 3.49. The number of unbranched alkanes of at least 4 members (excludes halogenated alkanes) is 3. The van der Waals surface area contributed by atoms with Gasteiger partial charge in [0.1, 0.15) is 0 Å². The smallest absolute Gasteiger partial charge is 0.000473 e. The second-order valence-electron chi connectivity index (χ2n) is 4.04. The van der Waals surface area contributed by atoms with Crippen LogP contribution in [-0.2, 0) is 0 Å². The lowest BCUT2D eigenvalue weighted by atomic mass is 10.1. The molecule has 1 nitrogen and oxygen atoms in total. The van der Waals surface area contributed by atoms with Crippen LogP contribution in [0.2, 0.25) is 0 Å². The van der Waals surface area contributed by atoms with Gasteiger partial charge in [0, 0.05) is 0 Å². The molecule has 0 unspecified atom stereocenters. The summed E-state index contributed by atoms with van der Waals surface area (Å²) in [5, 5.41) is 3.49. The molecule has 0 fully saturated rings. The first-order chi connectivity index (χ1) is 6.27. The highest BCUT2D eigenvalue weighted by Crippen LogP contribution is 2.01. The minimum atomic E-state index is 0.839. The van der Waals surface area contributed by atoms with Gasteiger partial charge in [0.25, 0.3) is 0 Å². The molecule has 0 aromatic heterocycles. The third-order valence-corrected chi connectivity index (χ3v) is 2.90. The molecule has 0 amide bonds. The molecule has 0 spiro atoms. The molecule has 0 aromatic carbocycles. The Bertz CT molecular complexity index is 94.1. The van der Waals surface area contributed by atoms with Crippen molar-refractivity contribution in [2.45, 2.75) is 46.0 Å². The molecule has 0 heterocycles. The number of halogens is 1. The maximum atomic E-state index is 3.49. The summed E-state index contributed by atoms with van der Waals surface area (Å²) in [5.41, 5.74) is 0. The summed E-state index contributed by atoms with van der Waals surface area (Å²) >= 11 is 2.45. The van der Waals surface area contributed by atoms with Crippen LogP contribution in [0.3, 0.4) is 0 Å². The molecular weight excluding hydrogens is 273 g/mol. The van der Waals surface area contributed by atoms with E-state index in [-0.39, 0.29) is 0 Å². The molecule has 2 heteroatoms. The fourth-order valence-corrected chi connectivity index (χ4v) is 1.75. The summed E-state index contributed by atoms with van der Waals surface area (Å²) in [7, 11) is 0. The van der Waals surface area contributed by atoms with Crippen LogP contribution in [0.15, 0.2) is 0 Å². The summed E-state index contributed by atoms with van der Waals surface area (Å²) in [4.78, 5) is 0. The van der Waals surface area contributed by atoms with E-state index < -0.39 is 0 Å². The quantitative estimate of drug-likeness (QED) is 0.389. The predicted molar refractivity (Wildman–Crippen MR) is 69.7 cm³/mol. The number of alkyl halides is 1. The van der Waals surface area contributed by atoms with Gasteiger partial charge in [0.05, 0.1) is 0 Å². The lowest BCUT2D eigenvalue weighted by molar-refractivity contribution is 0.523. The average Bonchev–Trinajstić information content (AvgIpc) is 2.09. The lowest BCUT2D eigenvalue weighted by Crippen LogP contribution is -2.17. The molecule has 0 atom stereocenters. The van der Waals surface area contributed by atoms with Crippen LogP contribution in [-0.4, -0.2) is 17.5 Å². The number of nitrogens with one attached hydrogen (secondary N) is 1. The third-order valence-electron chi connectivity index (χ3n) is 2.14. The van der Waals surface area contributed by atoms with E-state index in [9.17, 15) is 0 Å². The molecule has 0 saturated carbocycles. The van der Waals surface area contributed by atoms with Gasteiger partial charge in [-0.2, -0.15) is 0 Å². The zero-order chi connectivity index (χ0) is 9.94. The summed E-state index contributed by atoms with van der Waals surface area (Å²) < 4.78 is 1.32. The fraction of sp³-hybridized carbons (Fsp3) is 1.00. The molecular formula is C11H24IN. The van der Waals surface area contributed by atoms with Gasteiger partial charge in [-0.05, 0) is 42.7 Å². The van der Waals surface area contributed by atoms with Gasteiger partial charge in [0.2, 0.25) is 0 Å². The van der Waals surface area contributed by atoms with Crippen molar-refractivity contribution in [2.24, 2.45) is 5.92 Å². The molecule has 0 saturated heterocycles. The largest absolute Gasteiger partial charge is 0.317 e. The molecule has 13 heavy (non-hydrogen) atoms. The van der Waals surface area contributed by atoms with Crippen LogP contribution in [0.4, 0.5) is 0 Å². The van der Waals surface area contributed by atoms with Crippen molar-refractivity contribution in [3.63, 3.8) is 0 Å². The maximum Gasteiger partial charge on any atom is -0.000473 e. The number of hydrogen-bond donors (Lipinski definition) is 1. The van der Waals surface area contributed by atoms with E-state index in [0.717, 1.165) is 5.92 Å². The Labute approximate surface area is 97.2 Å². The van der Waals surface area contributed by atoms with Crippen molar-refractivity contribution in [2.75, 3.05) is 17.5 Å². The Morgan fingerprint density at radius 3 is 2.31 bits per heavy atom. The highest BCUT2D eigenvalue weighted by molar-refractivity contribution is 14.1. The Kier molecular flexibility index (Phi) is 11.3. The third kappa shape index (κ3) is 12.7. The van der Waals surface area contributed by atoms with Gasteiger partial charge in [-0.3, -0.25) is 0 Å². The number of hydrogen-bond acceptors (Lipinski definition) is 1. The van der Waals surface area contributed by atoms with Gasteiger partial charge in [-0.25, -0.2) is 0 Å². The molecule has 0 radical (unpaired) electrons. The molecule has 0 aromatic rings. The van der Waals surface area contributed by atoms with Crippen LogP contribution >= 0.6 is 22.6 Å². The van der Waals surface area contributed by atoms with Gasteiger partial charge < -0.3 is 5.32 Å². The zero-order valence-corrected chi connectivity index (χ0v) is 11.3. The topological polar surface area (TPSA) is 12.0 Å². The fourth-order valence-electron chi connectivity index (χ4n) is 1.21. The first-order valence-electron chi connectivity index (χ1n) is 5.54. The zero-order valence-electron chi connectivity index (χ0n) is 9.11. The van der Waals surface area contributed by atoms with Crippen LogP contribution in [0.5, 0.6) is 0 Å². The highest BCUT2D eigenvalue weighted by atomic mass is 127. The lowest BCUT2D eigenvalue weighted by Gasteiger charge is -2.06. The molecule has 0 aliphatic heterocycles. The molecule has 1 N–H and O–H groups in total. The standard InChI is InChI=1S/C11H24IN/c1-11(2)7-10-13-9-6-4-3-5-8-12/h11,13H,3-10H2,1-2H3. The van der Waals surface area contributed by atoms with Crippen molar-refractivity contribution in [3.8, 4) is 0 Å². The average molecular weight is 297 g/mol. The van der Waals surface area contributed by atoms with Crippen LogP contribution in [0, 0.1) is 5.92 Å². The normalized spacial score (nSPS) is 11.1. The van der Waals surface area contributed by atoms with Crippen molar-refractivity contribution in [1.29, 1.82) is 0 Å². The van der Waals surface area contributed by atoms with E-state index in [1.807, 2.05) is 0 Å². The first-order valence-corrected chi connectivity index (χ1v) is 7.06. The minimum Gasteiger partial charge on any atom is -0.317 e. The van der Waals surface area contributed by atoms with Gasteiger partial charge in [0.15, 0.2) is 0 Å². The van der Waals surface area contributed by atoms with Gasteiger partial charge in [-0.1, -0.05) is 49.3 Å². The van der Waals surface area contributed by atoms with E-state index >= 15 is 0 Å². The predicted octanol–water partition coefficient (Wildman–Crippen LogP) is 3.62. The van der Waals surface area contributed by atoms with E-state index in [4.69, 9.17) is 0 Å². The van der Waals surface area contributed by atoms with Crippen molar-refractivity contribution < 1.29 is 0 Å². The molecule has 0 aliphatic rings. The van der Waals surface area contributed by atoms with Crippen molar-refractivity contribution >= 4 is 22.6 Å². The van der Waals surface area contributed by atoms with Crippen LogP contribution in [0.25, 0.3) is 0 Å². The molecule has 0 rings (SSSR count). The van der Waals surface area contributed by atoms with E-state index in [1.165, 1.54) is 49.6 Å². The molecule has 80 valence electrons. The summed E-state index contributed by atoms with van der Waals surface area (Å²) in [5.74, 6) is 0.839. The molecule has 0 aliphatic carbocycles. The summed E-state index contributed by atoms with van der Waals surface area (Å²) in [6.45, 7) is 6.97. The second kappa shape index (κ2) is 10.8. The Morgan fingerprint density at radius 2 is 1.69 bits per heavy atom. The van der Waals surface area contributed by atoms with Crippen molar-refractivity contribution in [1.82, 2.24) is 5.32 Å². The first kappa shape index (κ1) is 13.7. The van der Waals surface area contributed by atoms with Crippen LogP contribution in [0.1, 0.15) is 46.0 Å². The van der Waals surface area contributed by atoms with Crippen molar-refractivity contribution in [3.05, 3.63) is 0 Å². The van der Waals surface area contributed by atoms with Crippen LogP contribution < -0.4 is 5.32 Å². The Balaban J connectivity index is 2.84. The van der Waals surface area contributed by atoms with Gasteiger partial charge >= 0.3 is 0 Å². The second-order valence-corrected chi connectivity index (χ2v) is 5.11. The molecule has 0 bridgehead atoms. The summed E-state index contributed by atoms with van der Waals surface area (Å²) in [6.07, 6.45) is 6.88. The minimum absolute atomic E-state index is 0.839. The van der Waals surface area contributed by atoms with E-state index in [2.05, 4.69) is 41.8 Å². The number of rotatable bonds is 9. The SMILES string of the molecule is CC(C)CCNCCCCCCI. The Hall–Kier alpha value is 0.690. The summed E-state index contributed by atoms with van der Waals surface area (Å²) in [6, 6.07) is 0.